The van der Waals surface area contributed by atoms with Gasteiger partial charge >= 0.3 is 0 Å². The number of methoxy groups -OCH3 is 2. The summed E-state index contributed by atoms with van der Waals surface area (Å²) < 4.78 is 44.1. The fourth-order valence-electron chi connectivity index (χ4n) is 3.28. The normalized spacial score (nSPS) is 11.4. The number of anilines is 1. The lowest BCUT2D eigenvalue weighted by atomic mass is 10.2. The Balaban J connectivity index is 1.58. The first-order valence-corrected chi connectivity index (χ1v) is 12.1. The first kappa shape index (κ1) is 22.7. The summed E-state index contributed by atoms with van der Waals surface area (Å²) in [5, 5.41) is 3.59. The molecule has 2 aromatic heterocycles. The van der Waals surface area contributed by atoms with Crippen molar-refractivity contribution in [2.45, 2.75) is 11.4 Å². The van der Waals surface area contributed by atoms with Gasteiger partial charge in [-0.2, -0.15) is 0 Å². The van der Waals surface area contributed by atoms with Gasteiger partial charge in [-0.25, -0.2) is 8.42 Å². The second kappa shape index (κ2) is 9.16. The second-order valence-electron chi connectivity index (χ2n) is 7.08. The van der Waals surface area contributed by atoms with E-state index < -0.39 is 10.0 Å². The fourth-order valence-corrected chi connectivity index (χ4v) is 5.44. The van der Waals surface area contributed by atoms with Gasteiger partial charge in [-0.3, -0.25) is 9.10 Å². The lowest BCUT2D eigenvalue weighted by molar-refractivity contribution is 0.0952. The van der Waals surface area contributed by atoms with Crippen LogP contribution in [0.1, 0.15) is 15.4 Å². The Labute approximate surface area is 195 Å². The highest BCUT2D eigenvalue weighted by Gasteiger charge is 2.23. The molecule has 0 aliphatic carbocycles. The molecule has 1 amide bonds. The molecule has 1 N–H and O–H groups in total. The minimum Gasteiger partial charge on any atom is -0.493 e. The van der Waals surface area contributed by atoms with E-state index in [1.54, 1.807) is 48.7 Å². The monoisotopic (exact) mass is 486 g/mol. The minimum absolute atomic E-state index is 0.0751. The summed E-state index contributed by atoms with van der Waals surface area (Å²) in [4.78, 5) is 13.1. The van der Waals surface area contributed by atoms with Gasteiger partial charge in [-0.05, 0) is 53.9 Å². The van der Waals surface area contributed by atoms with Crippen LogP contribution < -0.4 is 19.1 Å². The summed E-state index contributed by atoms with van der Waals surface area (Å²) in [6.07, 6.45) is 1.55. The molecule has 4 rings (SSSR count). The number of sulfonamides is 1. The summed E-state index contributed by atoms with van der Waals surface area (Å²) in [5.74, 6) is 1.20. The first-order valence-electron chi connectivity index (χ1n) is 9.88. The van der Waals surface area contributed by atoms with Crippen molar-refractivity contribution >= 4 is 43.0 Å². The zero-order valence-corrected chi connectivity index (χ0v) is 19.8. The van der Waals surface area contributed by atoms with Crippen LogP contribution in [0.15, 0.2) is 70.2 Å². The van der Waals surface area contributed by atoms with Crippen molar-refractivity contribution in [1.29, 1.82) is 0 Å². The molecule has 172 valence electrons. The maximum Gasteiger partial charge on any atom is 0.264 e. The van der Waals surface area contributed by atoms with Gasteiger partial charge in [-0.1, -0.05) is 0 Å². The molecule has 0 unspecified atom stereocenters. The molecule has 0 atom stereocenters. The number of furan rings is 1. The molecule has 0 saturated heterocycles. The number of carbonyl (C=O) groups excluding carboxylic acids is 1. The molecule has 0 bridgehead atoms. The molecule has 8 nitrogen and oxygen atoms in total. The number of hydrogen-bond donors (Lipinski definition) is 1. The Hall–Kier alpha value is -3.50. The third kappa shape index (κ3) is 4.53. The van der Waals surface area contributed by atoms with Crippen LogP contribution in [-0.4, -0.2) is 35.6 Å². The van der Waals surface area contributed by atoms with E-state index in [0.29, 0.717) is 27.8 Å². The smallest absolute Gasteiger partial charge is 0.264 e. The van der Waals surface area contributed by atoms with Crippen molar-refractivity contribution in [2.24, 2.45) is 0 Å². The molecule has 0 aliphatic heterocycles. The highest BCUT2D eigenvalue weighted by Crippen LogP contribution is 2.34. The Kier molecular flexibility index (Phi) is 6.30. The highest BCUT2D eigenvalue weighted by molar-refractivity contribution is 7.92. The van der Waals surface area contributed by atoms with E-state index in [1.165, 1.54) is 49.0 Å². The SMILES string of the molecule is COc1ccc(S(=O)(=O)N(C)c2ccc3sc(C(=O)NCc4ccco4)cc3c2)cc1OC. The first-order chi connectivity index (χ1) is 15.8. The van der Waals surface area contributed by atoms with Crippen molar-refractivity contribution in [1.82, 2.24) is 5.32 Å². The minimum atomic E-state index is -3.85. The van der Waals surface area contributed by atoms with Gasteiger partial charge in [0.2, 0.25) is 0 Å². The Bertz CT molecular complexity index is 1390. The van der Waals surface area contributed by atoms with E-state index in [2.05, 4.69) is 5.32 Å². The van der Waals surface area contributed by atoms with Crippen LogP contribution in [0.25, 0.3) is 10.1 Å². The highest BCUT2D eigenvalue weighted by atomic mass is 32.2. The van der Waals surface area contributed by atoms with Crippen LogP contribution in [-0.2, 0) is 16.6 Å². The molecular formula is C23H22N2O6S2. The number of carbonyl (C=O) groups is 1. The van der Waals surface area contributed by atoms with Crippen molar-refractivity contribution < 1.29 is 27.1 Å². The number of benzene rings is 2. The number of nitrogens with one attached hydrogen (secondary N) is 1. The van der Waals surface area contributed by atoms with Gasteiger partial charge in [-0.15, -0.1) is 11.3 Å². The summed E-state index contributed by atoms with van der Waals surface area (Å²) in [5.41, 5.74) is 0.470. The number of hydrogen-bond acceptors (Lipinski definition) is 7. The van der Waals surface area contributed by atoms with Gasteiger partial charge in [0.1, 0.15) is 5.76 Å². The van der Waals surface area contributed by atoms with Gasteiger partial charge in [0.15, 0.2) is 11.5 Å². The van der Waals surface area contributed by atoms with Crippen LogP contribution in [0.2, 0.25) is 0 Å². The summed E-state index contributed by atoms with van der Waals surface area (Å²) in [6.45, 7) is 0.289. The molecular weight excluding hydrogens is 464 g/mol. The van der Waals surface area contributed by atoms with Crippen LogP contribution >= 0.6 is 11.3 Å². The van der Waals surface area contributed by atoms with E-state index in [9.17, 15) is 13.2 Å². The van der Waals surface area contributed by atoms with Crippen LogP contribution in [0, 0.1) is 0 Å². The van der Waals surface area contributed by atoms with Crippen LogP contribution in [0.3, 0.4) is 0 Å². The third-order valence-electron chi connectivity index (χ3n) is 5.10. The largest absolute Gasteiger partial charge is 0.493 e. The van der Waals surface area contributed by atoms with Gasteiger partial charge < -0.3 is 19.2 Å². The number of thiophene rings is 1. The lowest BCUT2D eigenvalue weighted by Gasteiger charge is -2.20. The predicted molar refractivity (Wildman–Crippen MR) is 127 cm³/mol. The third-order valence-corrected chi connectivity index (χ3v) is 8.00. The average Bonchev–Trinajstić information content (AvgIpc) is 3.50. The number of rotatable bonds is 8. The van der Waals surface area contributed by atoms with Crippen molar-refractivity contribution in [3.05, 3.63) is 71.5 Å². The van der Waals surface area contributed by atoms with E-state index in [1.807, 2.05) is 0 Å². The van der Waals surface area contributed by atoms with Crippen molar-refractivity contribution in [3.8, 4) is 11.5 Å². The molecule has 0 aliphatic rings. The number of amides is 1. The molecule has 4 aromatic rings. The molecule has 2 aromatic carbocycles. The summed E-state index contributed by atoms with van der Waals surface area (Å²) in [7, 11) is 0.568. The number of nitrogens with zero attached hydrogens (tertiary/aromatic N) is 1. The Morgan fingerprint density at radius 3 is 2.55 bits per heavy atom. The van der Waals surface area contributed by atoms with Crippen LogP contribution in [0.4, 0.5) is 5.69 Å². The zero-order valence-electron chi connectivity index (χ0n) is 18.2. The van der Waals surface area contributed by atoms with Crippen molar-refractivity contribution in [3.63, 3.8) is 0 Å². The molecule has 2 heterocycles. The Morgan fingerprint density at radius 2 is 1.85 bits per heavy atom. The summed E-state index contributed by atoms with van der Waals surface area (Å²) >= 11 is 1.33. The average molecular weight is 487 g/mol. The molecule has 0 fully saturated rings. The maximum atomic E-state index is 13.2. The number of ether oxygens (including phenoxy) is 2. The molecule has 33 heavy (non-hydrogen) atoms. The molecule has 10 heteroatoms. The summed E-state index contributed by atoms with van der Waals surface area (Å²) in [6, 6.07) is 15.0. The lowest BCUT2D eigenvalue weighted by Crippen LogP contribution is -2.26. The Morgan fingerprint density at radius 1 is 1.06 bits per heavy atom. The van der Waals surface area contributed by atoms with E-state index >= 15 is 0 Å². The second-order valence-corrected chi connectivity index (χ2v) is 10.1. The quantitative estimate of drug-likeness (QED) is 0.400. The molecule has 0 radical (unpaired) electrons. The van der Waals surface area contributed by atoms with E-state index in [0.717, 1.165) is 10.1 Å². The molecule has 0 saturated carbocycles. The predicted octanol–water partition coefficient (Wildman–Crippen LogP) is 4.27. The van der Waals surface area contributed by atoms with Gasteiger partial charge in [0.25, 0.3) is 15.9 Å². The van der Waals surface area contributed by atoms with Gasteiger partial charge in [0, 0.05) is 17.8 Å². The van der Waals surface area contributed by atoms with E-state index in [-0.39, 0.29) is 17.3 Å². The van der Waals surface area contributed by atoms with Gasteiger partial charge in [0.05, 0.1) is 42.5 Å². The number of fused-ring (bicyclic) bond motifs is 1. The standard InChI is InChI=1S/C23H22N2O6S2/c1-25(33(27,28)18-7-8-19(29-2)20(13-18)30-3)16-6-9-21-15(11-16)12-22(32-21)23(26)24-14-17-5-4-10-31-17/h4-13H,14H2,1-3H3,(H,24,26). The van der Waals surface area contributed by atoms with Crippen molar-refractivity contribution in [2.75, 3.05) is 25.6 Å². The van der Waals surface area contributed by atoms with E-state index in [4.69, 9.17) is 13.9 Å². The topological polar surface area (TPSA) is 98.1 Å². The zero-order chi connectivity index (χ0) is 23.6. The fraction of sp³-hybridized carbons (Fsp3) is 0.174. The van der Waals surface area contributed by atoms with Crippen LogP contribution in [0.5, 0.6) is 11.5 Å². The molecule has 0 spiro atoms. The maximum absolute atomic E-state index is 13.2.